The fourth-order valence-electron chi connectivity index (χ4n) is 5.29. The van der Waals surface area contributed by atoms with Gasteiger partial charge in [0.15, 0.2) is 0 Å². The quantitative estimate of drug-likeness (QED) is 0.657. The molecule has 0 aromatic heterocycles. The van der Waals surface area contributed by atoms with E-state index in [1.165, 1.54) is 0 Å². The number of benzene rings is 2. The molecule has 7 heteroatoms. The Balaban J connectivity index is 1.18. The molecule has 3 aliphatic rings. The number of hydrogen-bond donors (Lipinski definition) is 0. The maximum atomic E-state index is 13.2. The lowest BCUT2D eigenvalue weighted by Crippen LogP contribution is -2.45. The number of carbonyl (C=O) groups excluding carboxylic acids is 2. The second-order valence-corrected chi connectivity index (χ2v) is 9.96. The van der Waals surface area contributed by atoms with E-state index in [1.807, 2.05) is 52.3 Å². The van der Waals surface area contributed by atoms with Crippen molar-refractivity contribution in [1.29, 1.82) is 0 Å². The van der Waals surface area contributed by atoms with E-state index < -0.39 is 0 Å². The van der Waals surface area contributed by atoms with Crippen molar-refractivity contribution in [3.05, 3.63) is 64.2 Å². The van der Waals surface area contributed by atoms with Crippen LogP contribution in [0.5, 0.6) is 11.5 Å². The summed E-state index contributed by atoms with van der Waals surface area (Å²) in [5, 5.41) is 0.625. The highest BCUT2D eigenvalue weighted by Gasteiger charge is 2.43. The Labute approximate surface area is 205 Å². The summed E-state index contributed by atoms with van der Waals surface area (Å²) >= 11 is 6.11. The van der Waals surface area contributed by atoms with Gasteiger partial charge in [-0.05, 0) is 66.6 Å². The summed E-state index contributed by atoms with van der Waals surface area (Å²) < 4.78 is 11.1. The van der Waals surface area contributed by atoms with E-state index in [9.17, 15) is 9.59 Å². The Bertz CT molecular complexity index is 1140. The summed E-state index contributed by atoms with van der Waals surface area (Å²) in [6.45, 7) is 3.24. The second kappa shape index (κ2) is 9.34. The Hall–Kier alpha value is -2.99. The molecule has 5 rings (SSSR count). The van der Waals surface area contributed by atoms with Crippen LogP contribution in [0.4, 0.5) is 0 Å². The molecule has 2 aromatic rings. The van der Waals surface area contributed by atoms with E-state index in [4.69, 9.17) is 21.1 Å². The number of likely N-dealkylation sites (tertiary alicyclic amines) is 2. The molecule has 2 saturated heterocycles. The smallest absolute Gasteiger partial charge is 0.253 e. The highest BCUT2D eigenvalue weighted by Crippen LogP contribution is 2.41. The predicted octanol–water partition coefficient (Wildman–Crippen LogP) is 4.21. The third-order valence-corrected chi connectivity index (χ3v) is 7.59. The van der Waals surface area contributed by atoms with Gasteiger partial charge in [-0.3, -0.25) is 9.59 Å². The first-order chi connectivity index (χ1) is 16.4. The highest BCUT2D eigenvalue weighted by atomic mass is 35.5. The molecule has 2 aromatic carbocycles. The number of piperidine rings is 1. The number of fused-ring (bicyclic) bond motifs is 1. The molecular formula is C27H29ClN2O4. The minimum atomic E-state index is 0.0408. The second-order valence-electron chi connectivity index (χ2n) is 9.53. The summed E-state index contributed by atoms with van der Waals surface area (Å²) in [5.41, 5.74) is 2.57. The number of halogens is 1. The van der Waals surface area contributed by atoms with Gasteiger partial charge in [0.2, 0.25) is 5.91 Å². The van der Waals surface area contributed by atoms with Crippen molar-refractivity contribution in [3.8, 4) is 11.5 Å². The molecule has 0 aliphatic carbocycles. The molecule has 1 spiro atoms. The van der Waals surface area contributed by atoms with Gasteiger partial charge < -0.3 is 19.3 Å². The van der Waals surface area contributed by atoms with Gasteiger partial charge in [-0.25, -0.2) is 0 Å². The van der Waals surface area contributed by atoms with E-state index in [-0.39, 0.29) is 23.8 Å². The molecule has 0 saturated carbocycles. The molecule has 2 amide bonds. The van der Waals surface area contributed by atoms with Crippen LogP contribution in [-0.2, 0) is 16.0 Å². The van der Waals surface area contributed by atoms with Gasteiger partial charge in [-0.2, -0.15) is 0 Å². The molecule has 0 unspecified atom stereocenters. The van der Waals surface area contributed by atoms with Crippen LogP contribution in [0, 0.1) is 5.41 Å². The summed E-state index contributed by atoms with van der Waals surface area (Å²) in [6.07, 6.45) is 5.11. The van der Waals surface area contributed by atoms with E-state index in [1.54, 1.807) is 13.2 Å². The average molecular weight is 481 g/mol. The lowest BCUT2D eigenvalue weighted by atomic mass is 9.77. The first kappa shape index (κ1) is 22.8. The van der Waals surface area contributed by atoms with Crippen LogP contribution in [0.25, 0.3) is 6.08 Å². The van der Waals surface area contributed by atoms with E-state index >= 15 is 0 Å². The lowest BCUT2D eigenvalue weighted by molar-refractivity contribution is -0.133. The van der Waals surface area contributed by atoms with Crippen LogP contribution in [0.3, 0.4) is 0 Å². The normalized spacial score (nSPS) is 18.8. The molecule has 2 fully saturated rings. The molecule has 0 atom stereocenters. The van der Waals surface area contributed by atoms with Crippen molar-refractivity contribution in [3.63, 3.8) is 0 Å². The number of ether oxygens (including phenoxy) is 2. The summed E-state index contributed by atoms with van der Waals surface area (Å²) in [6, 6.07) is 13.1. The van der Waals surface area contributed by atoms with Gasteiger partial charge >= 0.3 is 0 Å². The van der Waals surface area contributed by atoms with Crippen LogP contribution in [0.15, 0.2) is 48.0 Å². The number of carbonyl (C=O) groups is 2. The van der Waals surface area contributed by atoms with Crippen LogP contribution < -0.4 is 9.47 Å². The van der Waals surface area contributed by atoms with Gasteiger partial charge in [0, 0.05) is 36.8 Å². The van der Waals surface area contributed by atoms with Gasteiger partial charge in [0.25, 0.3) is 5.91 Å². The third kappa shape index (κ3) is 4.64. The molecule has 6 nitrogen and oxygen atoms in total. The molecule has 178 valence electrons. The van der Waals surface area contributed by atoms with Gasteiger partial charge in [-0.15, -0.1) is 0 Å². The van der Waals surface area contributed by atoms with Crippen molar-refractivity contribution < 1.29 is 19.1 Å². The number of rotatable bonds is 4. The fourth-order valence-corrected chi connectivity index (χ4v) is 5.47. The molecule has 0 bridgehead atoms. The maximum Gasteiger partial charge on any atom is 0.253 e. The zero-order chi connectivity index (χ0) is 23.7. The molecule has 34 heavy (non-hydrogen) atoms. The average Bonchev–Trinajstić information content (AvgIpc) is 3.27. The van der Waals surface area contributed by atoms with Crippen LogP contribution in [0.1, 0.15) is 30.4 Å². The molecule has 0 radical (unpaired) electrons. The van der Waals surface area contributed by atoms with Crippen molar-refractivity contribution >= 4 is 29.5 Å². The minimum absolute atomic E-state index is 0.0408. The van der Waals surface area contributed by atoms with Crippen molar-refractivity contribution in [1.82, 2.24) is 9.80 Å². The number of hydrogen-bond acceptors (Lipinski definition) is 4. The van der Waals surface area contributed by atoms with Crippen molar-refractivity contribution in [2.75, 3.05) is 39.9 Å². The Morgan fingerprint density at radius 1 is 1.06 bits per heavy atom. The Morgan fingerprint density at radius 2 is 1.82 bits per heavy atom. The SMILES string of the molecule is COc1cccc(CC(=O)N2CCC3(CC2)CCN(C(=O)C2=Cc4cc(Cl)ccc4OC2)C3)c1. The lowest BCUT2D eigenvalue weighted by Gasteiger charge is -2.39. The minimum Gasteiger partial charge on any atom is -0.497 e. The van der Waals surface area contributed by atoms with E-state index in [2.05, 4.69) is 0 Å². The van der Waals surface area contributed by atoms with Gasteiger partial charge in [0.05, 0.1) is 19.1 Å². The van der Waals surface area contributed by atoms with Crippen molar-refractivity contribution in [2.24, 2.45) is 5.41 Å². The predicted molar refractivity (Wildman–Crippen MR) is 131 cm³/mol. The van der Waals surface area contributed by atoms with E-state index in [0.29, 0.717) is 17.0 Å². The molecule has 3 heterocycles. The first-order valence-corrected chi connectivity index (χ1v) is 12.2. The summed E-state index contributed by atoms with van der Waals surface area (Å²) in [5.74, 6) is 1.71. The maximum absolute atomic E-state index is 13.2. The van der Waals surface area contributed by atoms with Crippen molar-refractivity contribution in [2.45, 2.75) is 25.7 Å². The molecule has 3 aliphatic heterocycles. The third-order valence-electron chi connectivity index (χ3n) is 7.35. The topological polar surface area (TPSA) is 59.1 Å². The zero-order valence-corrected chi connectivity index (χ0v) is 20.1. The standard InChI is InChI=1S/C27H29ClN2O4/c1-33-23-4-2-3-19(13-23)14-25(31)29-10-7-27(8-11-29)9-12-30(18-27)26(32)21-15-20-16-22(28)5-6-24(20)34-17-21/h2-6,13,15-16H,7-12,14,17-18H2,1H3. The van der Waals surface area contributed by atoms with E-state index in [0.717, 1.165) is 68.1 Å². The summed E-state index contributed by atoms with van der Waals surface area (Å²) in [7, 11) is 1.63. The zero-order valence-electron chi connectivity index (χ0n) is 19.4. The Kier molecular flexibility index (Phi) is 6.26. The molecular weight excluding hydrogens is 452 g/mol. The first-order valence-electron chi connectivity index (χ1n) is 11.8. The number of amides is 2. The Morgan fingerprint density at radius 3 is 2.59 bits per heavy atom. The van der Waals surface area contributed by atoms with Crippen LogP contribution >= 0.6 is 11.6 Å². The van der Waals surface area contributed by atoms with Gasteiger partial charge in [-0.1, -0.05) is 23.7 Å². The van der Waals surface area contributed by atoms with Gasteiger partial charge in [0.1, 0.15) is 18.1 Å². The van der Waals surface area contributed by atoms with Crippen LogP contribution in [0.2, 0.25) is 5.02 Å². The highest BCUT2D eigenvalue weighted by molar-refractivity contribution is 6.30. The number of methoxy groups -OCH3 is 1. The van der Waals surface area contributed by atoms with Crippen LogP contribution in [-0.4, -0.2) is 61.5 Å². The largest absolute Gasteiger partial charge is 0.497 e. The monoisotopic (exact) mass is 480 g/mol. The molecule has 0 N–H and O–H groups in total. The summed E-state index contributed by atoms with van der Waals surface area (Å²) in [4.78, 5) is 30.0. The fraction of sp³-hybridized carbons (Fsp3) is 0.407. The number of nitrogens with zero attached hydrogens (tertiary/aromatic N) is 2.